The van der Waals surface area contributed by atoms with Crippen LogP contribution in [0.4, 0.5) is 0 Å². The van der Waals surface area contributed by atoms with Gasteiger partial charge in [0.25, 0.3) is 0 Å². The maximum atomic E-state index is 5.90. The standard InChI is InChI=1S/C16H24N2S/c1-12-6-7-18(10-14(12)9-17)11-15-8-13-4-2-3-5-16(13)19-15/h2-5,12,14-15H,6-11,17H2,1H3. The van der Waals surface area contributed by atoms with Gasteiger partial charge in [-0.2, -0.15) is 0 Å². The van der Waals surface area contributed by atoms with Crippen molar-refractivity contribution in [3.63, 3.8) is 0 Å². The average molecular weight is 276 g/mol. The zero-order valence-electron chi connectivity index (χ0n) is 11.7. The van der Waals surface area contributed by atoms with E-state index in [2.05, 4.69) is 47.9 Å². The Hall–Kier alpha value is -0.510. The zero-order valence-corrected chi connectivity index (χ0v) is 12.5. The van der Waals surface area contributed by atoms with Crippen LogP contribution in [0.3, 0.4) is 0 Å². The third-order valence-electron chi connectivity index (χ3n) is 4.68. The predicted molar refractivity (Wildman–Crippen MR) is 82.6 cm³/mol. The van der Waals surface area contributed by atoms with Crippen LogP contribution in [0.25, 0.3) is 0 Å². The predicted octanol–water partition coefficient (Wildman–Crippen LogP) is 2.62. The number of likely N-dealkylation sites (tertiary alicyclic amines) is 1. The lowest BCUT2D eigenvalue weighted by molar-refractivity contribution is 0.133. The highest BCUT2D eigenvalue weighted by molar-refractivity contribution is 8.00. The van der Waals surface area contributed by atoms with Crippen LogP contribution in [0.15, 0.2) is 29.2 Å². The summed E-state index contributed by atoms with van der Waals surface area (Å²) in [6, 6.07) is 8.86. The molecule has 2 aliphatic rings. The van der Waals surface area contributed by atoms with Crippen molar-refractivity contribution in [2.24, 2.45) is 17.6 Å². The number of rotatable bonds is 3. The first-order valence-corrected chi connectivity index (χ1v) is 8.31. The number of hydrogen-bond acceptors (Lipinski definition) is 3. The summed E-state index contributed by atoms with van der Waals surface area (Å²) in [4.78, 5) is 4.13. The summed E-state index contributed by atoms with van der Waals surface area (Å²) in [7, 11) is 0. The van der Waals surface area contributed by atoms with Crippen LogP contribution >= 0.6 is 11.8 Å². The third kappa shape index (κ3) is 2.99. The summed E-state index contributed by atoms with van der Waals surface area (Å²) in [5, 5.41) is 0.740. The molecule has 0 amide bonds. The van der Waals surface area contributed by atoms with Gasteiger partial charge in [0.2, 0.25) is 0 Å². The Kier molecular flexibility index (Phi) is 4.15. The molecule has 0 bridgehead atoms. The van der Waals surface area contributed by atoms with E-state index in [1.807, 2.05) is 0 Å². The van der Waals surface area contributed by atoms with Gasteiger partial charge in [0.05, 0.1) is 0 Å². The number of hydrogen-bond donors (Lipinski definition) is 1. The molecule has 0 spiro atoms. The van der Waals surface area contributed by atoms with E-state index in [9.17, 15) is 0 Å². The molecule has 2 nitrogen and oxygen atoms in total. The quantitative estimate of drug-likeness (QED) is 0.920. The SMILES string of the molecule is CC1CCN(CC2Cc3ccccc3S2)CC1CN. The molecule has 19 heavy (non-hydrogen) atoms. The van der Waals surface area contributed by atoms with E-state index in [0.29, 0.717) is 5.92 Å². The minimum absolute atomic E-state index is 0.697. The molecule has 1 aromatic rings. The maximum Gasteiger partial charge on any atom is 0.0263 e. The van der Waals surface area contributed by atoms with Crippen molar-refractivity contribution in [2.45, 2.75) is 29.9 Å². The van der Waals surface area contributed by atoms with Crippen LogP contribution in [0, 0.1) is 11.8 Å². The number of fused-ring (bicyclic) bond motifs is 1. The van der Waals surface area contributed by atoms with E-state index in [1.165, 1.54) is 37.4 Å². The first kappa shape index (κ1) is 13.5. The van der Waals surface area contributed by atoms with Gasteiger partial charge in [-0.25, -0.2) is 0 Å². The van der Waals surface area contributed by atoms with Gasteiger partial charge < -0.3 is 10.6 Å². The van der Waals surface area contributed by atoms with E-state index in [4.69, 9.17) is 5.73 Å². The molecule has 0 aliphatic carbocycles. The molecule has 2 heterocycles. The second-order valence-corrected chi connectivity index (χ2v) is 7.42. The topological polar surface area (TPSA) is 29.3 Å². The molecular weight excluding hydrogens is 252 g/mol. The summed E-state index contributed by atoms with van der Waals surface area (Å²) in [5.41, 5.74) is 7.44. The Morgan fingerprint density at radius 3 is 3.00 bits per heavy atom. The molecule has 3 heteroatoms. The van der Waals surface area contributed by atoms with E-state index < -0.39 is 0 Å². The van der Waals surface area contributed by atoms with Gasteiger partial charge in [-0.15, -0.1) is 11.8 Å². The molecule has 1 saturated heterocycles. The number of benzene rings is 1. The van der Waals surface area contributed by atoms with Crippen molar-refractivity contribution in [3.8, 4) is 0 Å². The summed E-state index contributed by atoms with van der Waals surface area (Å²) < 4.78 is 0. The van der Waals surface area contributed by atoms with E-state index in [1.54, 1.807) is 5.56 Å². The lowest BCUT2D eigenvalue weighted by atomic mass is 9.87. The number of nitrogens with zero attached hydrogens (tertiary/aromatic N) is 1. The Morgan fingerprint density at radius 2 is 2.21 bits per heavy atom. The summed E-state index contributed by atoms with van der Waals surface area (Å²) in [6.45, 7) is 6.88. The lowest BCUT2D eigenvalue weighted by Gasteiger charge is -2.37. The van der Waals surface area contributed by atoms with Crippen molar-refractivity contribution in [1.29, 1.82) is 0 Å². The molecule has 1 aromatic carbocycles. The van der Waals surface area contributed by atoms with Gasteiger partial charge in [-0.3, -0.25) is 0 Å². The molecular formula is C16H24N2S. The minimum atomic E-state index is 0.697. The Bertz CT molecular complexity index is 410. The third-order valence-corrected chi connectivity index (χ3v) is 5.98. The molecule has 1 fully saturated rings. The van der Waals surface area contributed by atoms with Crippen LogP contribution in [0.5, 0.6) is 0 Å². The largest absolute Gasteiger partial charge is 0.330 e. The van der Waals surface area contributed by atoms with Crippen molar-refractivity contribution in [2.75, 3.05) is 26.2 Å². The Balaban J connectivity index is 1.56. The molecule has 2 N–H and O–H groups in total. The molecule has 3 rings (SSSR count). The highest BCUT2D eigenvalue weighted by Gasteiger charge is 2.29. The smallest absolute Gasteiger partial charge is 0.0263 e. The molecule has 0 aromatic heterocycles. The molecule has 0 saturated carbocycles. The van der Waals surface area contributed by atoms with E-state index in [0.717, 1.165) is 17.7 Å². The van der Waals surface area contributed by atoms with Crippen molar-refractivity contribution >= 4 is 11.8 Å². The van der Waals surface area contributed by atoms with Crippen molar-refractivity contribution in [1.82, 2.24) is 4.90 Å². The first-order valence-electron chi connectivity index (χ1n) is 7.43. The zero-order chi connectivity index (χ0) is 13.2. The minimum Gasteiger partial charge on any atom is -0.330 e. The number of piperidine rings is 1. The highest BCUT2D eigenvalue weighted by Crippen LogP contribution is 2.37. The fraction of sp³-hybridized carbons (Fsp3) is 0.625. The molecule has 0 radical (unpaired) electrons. The summed E-state index contributed by atoms with van der Waals surface area (Å²) in [5.74, 6) is 1.50. The molecule has 3 unspecified atom stereocenters. The highest BCUT2D eigenvalue weighted by atomic mass is 32.2. The van der Waals surface area contributed by atoms with Crippen LogP contribution in [-0.2, 0) is 6.42 Å². The van der Waals surface area contributed by atoms with Crippen LogP contribution < -0.4 is 5.73 Å². The van der Waals surface area contributed by atoms with Gasteiger partial charge in [-0.05, 0) is 49.4 Å². The number of nitrogens with two attached hydrogens (primary N) is 1. The van der Waals surface area contributed by atoms with Gasteiger partial charge in [0.1, 0.15) is 0 Å². The maximum absolute atomic E-state index is 5.90. The van der Waals surface area contributed by atoms with Gasteiger partial charge in [0, 0.05) is 23.2 Å². The molecule has 2 aliphatic heterocycles. The Labute approximate surface area is 120 Å². The monoisotopic (exact) mass is 276 g/mol. The molecule has 104 valence electrons. The van der Waals surface area contributed by atoms with Gasteiger partial charge >= 0.3 is 0 Å². The number of thioether (sulfide) groups is 1. The summed E-state index contributed by atoms with van der Waals surface area (Å²) in [6.07, 6.45) is 2.55. The molecule has 3 atom stereocenters. The Morgan fingerprint density at radius 1 is 1.37 bits per heavy atom. The van der Waals surface area contributed by atoms with Crippen LogP contribution in [0.1, 0.15) is 18.9 Å². The average Bonchev–Trinajstić information content (AvgIpc) is 2.83. The lowest BCUT2D eigenvalue weighted by Crippen LogP contribution is -2.44. The first-order chi connectivity index (χ1) is 9.26. The normalized spacial score (nSPS) is 31.4. The van der Waals surface area contributed by atoms with Crippen molar-refractivity contribution < 1.29 is 0 Å². The second-order valence-electron chi connectivity index (χ2n) is 6.07. The van der Waals surface area contributed by atoms with Crippen LogP contribution in [0.2, 0.25) is 0 Å². The van der Waals surface area contributed by atoms with Crippen LogP contribution in [-0.4, -0.2) is 36.3 Å². The van der Waals surface area contributed by atoms with Gasteiger partial charge in [0.15, 0.2) is 0 Å². The van der Waals surface area contributed by atoms with E-state index >= 15 is 0 Å². The van der Waals surface area contributed by atoms with Crippen molar-refractivity contribution in [3.05, 3.63) is 29.8 Å². The summed E-state index contributed by atoms with van der Waals surface area (Å²) >= 11 is 2.07. The van der Waals surface area contributed by atoms with E-state index in [-0.39, 0.29) is 0 Å². The fourth-order valence-corrected chi connectivity index (χ4v) is 4.71. The van der Waals surface area contributed by atoms with Gasteiger partial charge in [-0.1, -0.05) is 25.1 Å². The fourth-order valence-electron chi connectivity index (χ4n) is 3.34. The second kappa shape index (κ2) is 5.86.